The number of nitrogens with one attached hydrogen (secondary N) is 2. The first-order valence-corrected chi connectivity index (χ1v) is 5.99. The summed E-state index contributed by atoms with van der Waals surface area (Å²) >= 11 is 0. The van der Waals surface area contributed by atoms with Crippen LogP contribution in [0.2, 0.25) is 0 Å². The van der Waals surface area contributed by atoms with Gasteiger partial charge in [0.05, 0.1) is 0 Å². The summed E-state index contributed by atoms with van der Waals surface area (Å²) in [6.45, 7) is 4.28. The Labute approximate surface area is 86.6 Å². The quantitative estimate of drug-likeness (QED) is 0.691. The molecule has 0 amide bonds. The normalized spacial score (nSPS) is 31.3. The van der Waals surface area contributed by atoms with E-state index in [1.807, 2.05) is 0 Å². The Morgan fingerprint density at radius 1 is 0.929 bits per heavy atom. The van der Waals surface area contributed by atoms with Crippen molar-refractivity contribution in [1.29, 1.82) is 0 Å². The topological polar surface area (TPSA) is 33.3 Å². The summed E-state index contributed by atoms with van der Waals surface area (Å²) in [5, 5.41) is 7.23. The van der Waals surface area contributed by atoms with Gasteiger partial charge in [0.25, 0.3) is 0 Å². The van der Waals surface area contributed by atoms with Crippen LogP contribution in [0.25, 0.3) is 0 Å². The third-order valence-corrected chi connectivity index (χ3v) is 3.27. The Morgan fingerprint density at radius 3 is 2.57 bits per heavy atom. The summed E-state index contributed by atoms with van der Waals surface area (Å²) < 4.78 is 5.36. The maximum absolute atomic E-state index is 5.36. The van der Waals surface area contributed by atoms with Crippen molar-refractivity contribution in [1.82, 2.24) is 10.6 Å². The first-order valence-electron chi connectivity index (χ1n) is 5.99. The number of hydrogen-bond donors (Lipinski definition) is 2. The van der Waals surface area contributed by atoms with Crippen molar-refractivity contribution >= 4 is 0 Å². The molecule has 0 spiro atoms. The summed E-state index contributed by atoms with van der Waals surface area (Å²) in [6.07, 6.45) is 6.34. The molecule has 2 fully saturated rings. The minimum Gasteiger partial charge on any atom is -0.381 e. The zero-order chi connectivity index (χ0) is 9.64. The molecular weight excluding hydrogens is 176 g/mol. The van der Waals surface area contributed by atoms with Crippen molar-refractivity contribution in [3.63, 3.8) is 0 Å². The third-order valence-electron chi connectivity index (χ3n) is 3.27. The van der Waals surface area contributed by atoms with Crippen LogP contribution in [0.15, 0.2) is 0 Å². The fraction of sp³-hybridized carbons (Fsp3) is 1.00. The van der Waals surface area contributed by atoms with Crippen molar-refractivity contribution in [3.8, 4) is 0 Å². The molecule has 2 saturated heterocycles. The Kier molecular flexibility index (Phi) is 4.22. The van der Waals surface area contributed by atoms with E-state index >= 15 is 0 Å². The van der Waals surface area contributed by atoms with Gasteiger partial charge in [-0.15, -0.1) is 0 Å². The van der Waals surface area contributed by atoms with Crippen LogP contribution in [0.5, 0.6) is 0 Å². The summed E-state index contributed by atoms with van der Waals surface area (Å²) in [6, 6.07) is 1.46. The molecule has 2 N–H and O–H groups in total. The van der Waals surface area contributed by atoms with Gasteiger partial charge < -0.3 is 15.4 Å². The van der Waals surface area contributed by atoms with Crippen LogP contribution in [-0.4, -0.2) is 38.4 Å². The second kappa shape index (κ2) is 5.69. The van der Waals surface area contributed by atoms with E-state index < -0.39 is 0 Å². The van der Waals surface area contributed by atoms with E-state index in [4.69, 9.17) is 4.74 Å². The molecule has 0 bridgehead atoms. The lowest BCUT2D eigenvalue weighted by atomic mass is 10.0. The van der Waals surface area contributed by atoms with Gasteiger partial charge in [0.15, 0.2) is 0 Å². The monoisotopic (exact) mass is 198 g/mol. The van der Waals surface area contributed by atoms with Crippen LogP contribution in [-0.2, 0) is 4.74 Å². The molecule has 82 valence electrons. The molecule has 0 aromatic carbocycles. The fourth-order valence-corrected chi connectivity index (χ4v) is 2.38. The highest BCUT2D eigenvalue weighted by molar-refractivity contribution is 4.78. The Bertz CT molecular complexity index is 149. The van der Waals surface area contributed by atoms with Crippen LogP contribution in [0.1, 0.15) is 32.1 Å². The molecule has 3 nitrogen and oxygen atoms in total. The number of rotatable bonds is 2. The third kappa shape index (κ3) is 3.23. The summed E-state index contributed by atoms with van der Waals surface area (Å²) in [5.74, 6) is 0. The van der Waals surface area contributed by atoms with E-state index in [1.54, 1.807) is 0 Å². The molecule has 1 atom stereocenters. The van der Waals surface area contributed by atoms with Gasteiger partial charge in [-0.1, -0.05) is 0 Å². The van der Waals surface area contributed by atoms with Gasteiger partial charge in [-0.3, -0.25) is 0 Å². The minimum atomic E-state index is 0.715. The van der Waals surface area contributed by atoms with Crippen LogP contribution < -0.4 is 10.6 Å². The molecule has 0 radical (unpaired) electrons. The van der Waals surface area contributed by atoms with E-state index in [-0.39, 0.29) is 0 Å². The second-order valence-electron chi connectivity index (χ2n) is 4.43. The molecule has 0 aromatic heterocycles. The molecule has 2 aliphatic heterocycles. The lowest BCUT2D eigenvalue weighted by Gasteiger charge is -2.27. The van der Waals surface area contributed by atoms with Gasteiger partial charge in [0.2, 0.25) is 0 Å². The van der Waals surface area contributed by atoms with Gasteiger partial charge in [-0.25, -0.2) is 0 Å². The van der Waals surface area contributed by atoms with E-state index in [9.17, 15) is 0 Å². The fourth-order valence-electron chi connectivity index (χ4n) is 2.38. The highest BCUT2D eigenvalue weighted by Crippen LogP contribution is 2.11. The maximum Gasteiger partial charge on any atom is 0.0480 e. The molecule has 3 heteroatoms. The smallest absolute Gasteiger partial charge is 0.0480 e. The highest BCUT2D eigenvalue weighted by atomic mass is 16.5. The average Bonchev–Trinajstić information content (AvgIpc) is 2.48. The summed E-state index contributed by atoms with van der Waals surface area (Å²) in [7, 11) is 0. The Hall–Kier alpha value is -0.120. The Morgan fingerprint density at radius 2 is 1.71 bits per heavy atom. The highest BCUT2D eigenvalue weighted by Gasteiger charge is 2.18. The zero-order valence-corrected chi connectivity index (χ0v) is 8.93. The first kappa shape index (κ1) is 10.4. The van der Waals surface area contributed by atoms with E-state index in [2.05, 4.69) is 10.6 Å². The molecule has 14 heavy (non-hydrogen) atoms. The van der Waals surface area contributed by atoms with Gasteiger partial charge in [0, 0.05) is 25.3 Å². The molecule has 0 aromatic rings. The van der Waals surface area contributed by atoms with Crippen molar-refractivity contribution in [3.05, 3.63) is 0 Å². The maximum atomic E-state index is 5.36. The predicted octanol–water partition coefficient (Wildman–Crippen LogP) is 0.897. The average molecular weight is 198 g/mol. The number of ether oxygens (including phenoxy) is 1. The summed E-state index contributed by atoms with van der Waals surface area (Å²) in [5.41, 5.74) is 0. The van der Waals surface area contributed by atoms with Crippen LogP contribution in [0.3, 0.4) is 0 Å². The van der Waals surface area contributed by atoms with E-state index in [1.165, 1.54) is 45.2 Å². The lowest BCUT2D eigenvalue weighted by molar-refractivity contribution is 0.0744. The van der Waals surface area contributed by atoms with Crippen molar-refractivity contribution in [2.75, 3.05) is 26.3 Å². The van der Waals surface area contributed by atoms with Gasteiger partial charge in [0.1, 0.15) is 0 Å². The van der Waals surface area contributed by atoms with E-state index in [0.29, 0.717) is 6.04 Å². The van der Waals surface area contributed by atoms with Gasteiger partial charge in [-0.2, -0.15) is 0 Å². The molecule has 1 unspecified atom stereocenters. The lowest BCUT2D eigenvalue weighted by Crippen LogP contribution is -2.41. The second-order valence-corrected chi connectivity index (χ2v) is 4.43. The molecule has 2 heterocycles. The largest absolute Gasteiger partial charge is 0.381 e. The summed E-state index contributed by atoms with van der Waals surface area (Å²) in [4.78, 5) is 0. The van der Waals surface area contributed by atoms with Crippen LogP contribution in [0, 0.1) is 0 Å². The van der Waals surface area contributed by atoms with Crippen molar-refractivity contribution < 1.29 is 4.74 Å². The Balaban J connectivity index is 1.71. The van der Waals surface area contributed by atoms with E-state index in [0.717, 1.165) is 19.3 Å². The van der Waals surface area contributed by atoms with Crippen LogP contribution in [0.4, 0.5) is 0 Å². The van der Waals surface area contributed by atoms with Gasteiger partial charge in [-0.05, 0) is 45.2 Å². The molecule has 0 aliphatic carbocycles. The standard InChI is InChI=1S/C11H22N2O/c1-2-10(3-7-12-6-1)13-11-4-8-14-9-5-11/h10-13H,1-9H2. The minimum absolute atomic E-state index is 0.715. The molecule has 2 aliphatic rings. The zero-order valence-electron chi connectivity index (χ0n) is 8.93. The predicted molar refractivity (Wildman–Crippen MR) is 57.5 cm³/mol. The molecule has 0 saturated carbocycles. The number of hydrogen-bond acceptors (Lipinski definition) is 3. The SMILES string of the molecule is C1CNCCC(NC2CCOCC2)C1. The first-order chi connectivity index (χ1) is 6.95. The van der Waals surface area contributed by atoms with Crippen LogP contribution >= 0.6 is 0 Å². The molecular formula is C11H22N2O. The molecule has 2 rings (SSSR count). The van der Waals surface area contributed by atoms with Gasteiger partial charge >= 0.3 is 0 Å². The van der Waals surface area contributed by atoms with Crippen molar-refractivity contribution in [2.45, 2.75) is 44.2 Å². The van der Waals surface area contributed by atoms with Crippen molar-refractivity contribution in [2.24, 2.45) is 0 Å².